The zero-order chi connectivity index (χ0) is 54.8. The van der Waals surface area contributed by atoms with Crippen molar-refractivity contribution in [1.29, 1.82) is 0 Å². The van der Waals surface area contributed by atoms with Crippen LogP contribution < -0.4 is 30.7 Å². The van der Waals surface area contributed by atoms with Crippen molar-refractivity contribution in [2.24, 2.45) is 36.0 Å². The molecule has 3 atom stereocenters. The van der Waals surface area contributed by atoms with E-state index in [2.05, 4.69) is 25.5 Å². The smallest absolute Gasteiger partial charge is 0.329 e. The van der Waals surface area contributed by atoms with Gasteiger partial charge in [0.2, 0.25) is 17.7 Å². The van der Waals surface area contributed by atoms with Gasteiger partial charge in [0.05, 0.1) is 12.2 Å². The van der Waals surface area contributed by atoms with E-state index in [9.17, 15) is 24.3 Å². The lowest BCUT2D eigenvalue weighted by Crippen LogP contribution is -2.52. The van der Waals surface area contributed by atoms with Crippen LogP contribution in [0.15, 0.2) is 54.1 Å². The molecule has 15 nitrogen and oxygen atoms in total. The highest BCUT2D eigenvalue weighted by molar-refractivity contribution is 6.06. The van der Waals surface area contributed by atoms with Gasteiger partial charge in [-0.3, -0.25) is 29.3 Å². The minimum atomic E-state index is -1.52. The van der Waals surface area contributed by atoms with Crippen LogP contribution in [0.25, 0.3) is 17.0 Å². The Bertz CT molecular complexity index is 3030. The monoisotopic (exact) mass is 1080 g/mol. The number of aromatic nitrogens is 2. The molecule has 1 aromatic heterocycles. The first-order valence-electron chi connectivity index (χ1n) is 27.9. The minimum absolute atomic E-state index is 0.0619. The summed E-state index contributed by atoms with van der Waals surface area (Å²) in [6.07, 6.45) is 7.11. The lowest BCUT2D eigenvalue weighted by molar-refractivity contribution is -0.141. The van der Waals surface area contributed by atoms with Gasteiger partial charge in [-0.05, 0) is 130 Å². The normalized spacial score (nSPS) is 25.6. The second kappa shape index (κ2) is 21.4. The standard InChI is InChI=1S/C59H70F4N8O7/c1-33-42(60)28-45-48(47(33)50-40(54(64)74)13-14-44(51(50)62)77-26-25-72)34(2)59(78-45,38-7-5-4-6-8-38)32-65-39-11-9-37(10-12-39)56(75)70-23-18-58(19-24-70)29-35(30-58)31-69-20-15-36(16-21-69)49-43(61)27-41-53(52(49)63)68(3)67-55(41)71-22-17-46(73)66-57(71)76/h4-8,13-14,28,34-37,39,43,65,72H,9-12,15-27,29-32H2,1-3H3,(H2,64,74)(H,66,73,76)/t34-,37?,39?,43?,59-/m0/s1. The number of benzene rings is 3. The van der Waals surface area contributed by atoms with Crippen LogP contribution in [0.3, 0.4) is 0 Å². The number of halogens is 4. The van der Waals surface area contributed by atoms with Gasteiger partial charge in [0.1, 0.15) is 30.0 Å². The molecule has 1 unspecified atom stereocenters. The van der Waals surface area contributed by atoms with Crippen molar-refractivity contribution in [2.75, 3.05) is 63.9 Å². The molecule has 5 N–H and O–H groups in total. The number of hydrogen-bond donors (Lipinski definition) is 4. The summed E-state index contributed by atoms with van der Waals surface area (Å²) in [5.74, 6) is -3.15. The Morgan fingerprint density at radius 1 is 0.962 bits per heavy atom. The number of primary amides is 1. The number of aliphatic hydroxyl groups excluding tert-OH is 1. The van der Waals surface area contributed by atoms with Crippen molar-refractivity contribution in [3.8, 4) is 22.6 Å². The Morgan fingerprint density at radius 2 is 1.68 bits per heavy atom. The van der Waals surface area contributed by atoms with Gasteiger partial charge in [-0.2, -0.15) is 5.10 Å². The highest BCUT2D eigenvalue weighted by atomic mass is 19.1. The quantitative estimate of drug-likeness (QED) is 0.0900. The maximum Gasteiger partial charge on any atom is 0.329 e. The molecule has 19 heteroatoms. The zero-order valence-corrected chi connectivity index (χ0v) is 44.7. The number of ether oxygens (including phenoxy) is 2. The van der Waals surface area contributed by atoms with E-state index in [1.54, 1.807) is 7.05 Å². The SMILES string of the molecule is Cc1c(F)cc2c(c1-c1c(C(N)=O)ccc(OCCO)c1F)[C@H](C)[C@@](CNC1CCC(C(=O)N3CCC4(CC3)CC(CN3CCC(C5=C(F)c6c(c(N7CCC(=O)NC7=O)nn6C)CC5F)CC3)C4)CC1)(c1ccccc1)O2. The van der Waals surface area contributed by atoms with Crippen LogP contribution in [0, 0.1) is 41.7 Å². The number of fused-ring (bicyclic) bond motifs is 2. The molecular weight excluding hydrogens is 1010 g/mol. The molecule has 7 aliphatic rings. The average molecular weight is 1080 g/mol. The third-order valence-electron chi connectivity index (χ3n) is 18.7. The fourth-order valence-corrected chi connectivity index (χ4v) is 14.5. The van der Waals surface area contributed by atoms with Crippen LogP contribution in [0.2, 0.25) is 0 Å². The third-order valence-corrected chi connectivity index (χ3v) is 18.7. The molecule has 11 rings (SSSR count). The molecule has 3 aliphatic carbocycles. The molecule has 3 aromatic carbocycles. The van der Waals surface area contributed by atoms with Gasteiger partial charge < -0.3 is 35.4 Å². The average Bonchev–Trinajstić information content (AvgIpc) is 4.14. The number of nitrogens with two attached hydrogens (primary N) is 1. The van der Waals surface area contributed by atoms with Gasteiger partial charge in [0.25, 0.3) is 0 Å². The van der Waals surface area contributed by atoms with Crippen LogP contribution in [0.1, 0.15) is 122 Å². The molecular formula is C59H70F4N8O7. The molecule has 0 bridgehead atoms. The Balaban J connectivity index is 0.669. The summed E-state index contributed by atoms with van der Waals surface area (Å²) < 4.78 is 78.6. The molecule has 3 saturated heterocycles. The second-order valence-corrected chi connectivity index (χ2v) is 23.2. The predicted molar refractivity (Wildman–Crippen MR) is 284 cm³/mol. The number of nitrogens with zero attached hydrogens (tertiary/aromatic N) is 5. The third kappa shape index (κ3) is 9.64. The van der Waals surface area contributed by atoms with E-state index in [0.29, 0.717) is 36.4 Å². The molecule has 1 spiro atoms. The minimum Gasteiger partial charge on any atom is -0.488 e. The number of likely N-dealkylation sites (tertiary alicyclic amines) is 2. The molecule has 416 valence electrons. The summed E-state index contributed by atoms with van der Waals surface area (Å²) in [4.78, 5) is 57.1. The number of amides is 5. The maximum atomic E-state index is 16.6. The summed E-state index contributed by atoms with van der Waals surface area (Å²) >= 11 is 0. The highest BCUT2D eigenvalue weighted by Gasteiger charge is 2.51. The van der Waals surface area contributed by atoms with Crippen molar-refractivity contribution in [3.63, 3.8) is 0 Å². The lowest BCUT2D eigenvalue weighted by atomic mass is 9.57. The summed E-state index contributed by atoms with van der Waals surface area (Å²) in [6, 6.07) is 13.1. The Labute approximate surface area is 451 Å². The van der Waals surface area contributed by atoms with Crippen LogP contribution in [0.5, 0.6) is 11.5 Å². The van der Waals surface area contributed by atoms with E-state index >= 15 is 17.6 Å². The van der Waals surface area contributed by atoms with E-state index in [0.717, 1.165) is 89.7 Å². The number of hydrogen-bond acceptors (Lipinski definition) is 10. The van der Waals surface area contributed by atoms with E-state index < -0.39 is 47.1 Å². The number of alkyl halides is 1. The van der Waals surface area contributed by atoms with Gasteiger partial charge in [-0.25, -0.2) is 22.4 Å². The number of anilines is 1. The molecule has 5 heterocycles. The van der Waals surface area contributed by atoms with Crippen LogP contribution in [-0.4, -0.2) is 120 Å². The first kappa shape index (κ1) is 53.7. The van der Waals surface area contributed by atoms with Crippen LogP contribution in [-0.2, 0) is 28.7 Å². The van der Waals surface area contributed by atoms with E-state index in [-0.39, 0.29) is 119 Å². The molecule has 78 heavy (non-hydrogen) atoms. The zero-order valence-electron chi connectivity index (χ0n) is 44.7. The molecule has 4 aliphatic heterocycles. The number of piperidine rings is 2. The van der Waals surface area contributed by atoms with E-state index in [1.807, 2.05) is 37.3 Å². The van der Waals surface area contributed by atoms with Gasteiger partial charge in [-0.1, -0.05) is 37.3 Å². The molecule has 0 radical (unpaired) electrons. The Morgan fingerprint density at radius 3 is 2.36 bits per heavy atom. The van der Waals surface area contributed by atoms with Gasteiger partial charge in [0.15, 0.2) is 28.8 Å². The lowest BCUT2D eigenvalue weighted by Gasteiger charge is -2.54. The van der Waals surface area contributed by atoms with Crippen molar-refractivity contribution < 1.29 is 51.3 Å². The molecule has 5 amide bonds. The van der Waals surface area contributed by atoms with Crippen molar-refractivity contribution in [1.82, 2.24) is 30.2 Å². The fraction of sp³-hybridized carbons (Fsp3) is 0.542. The number of rotatable bonds is 14. The van der Waals surface area contributed by atoms with Crippen LogP contribution >= 0.6 is 0 Å². The number of nitrogens with one attached hydrogen (secondary N) is 2. The Kier molecular flexibility index (Phi) is 14.7. The van der Waals surface area contributed by atoms with E-state index in [4.69, 9.17) is 15.2 Å². The largest absolute Gasteiger partial charge is 0.488 e. The first-order valence-corrected chi connectivity index (χ1v) is 27.9. The number of urea groups is 1. The molecule has 4 aromatic rings. The van der Waals surface area contributed by atoms with Gasteiger partial charge >= 0.3 is 6.03 Å². The molecule has 5 fully saturated rings. The second-order valence-electron chi connectivity index (χ2n) is 23.2. The summed E-state index contributed by atoms with van der Waals surface area (Å²) in [5, 5.41) is 19.9. The number of aliphatic hydroxyl groups is 1. The van der Waals surface area contributed by atoms with Gasteiger partial charge in [-0.15, -0.1) is 0 Å². The maximum absolute atomic E-state index is 16.6. The number of imide groups is 1. The summed E-state index contributed by atoms with van der Waals surface area (Å²) in [5.41, 5.74) is 7.12. The summed E-state index contributed by atoms with van der Waals surface area (Å²) in [7, 11) is 1.60. The Hall–Kier alpha value is -6.31. The number of carbonyl (C=O) groups excluding carboxylic acids is 4. The molecule has 2 saturated carbocycles. The highest BCUT2D eigenvalue weighted by Crippen LogP contribution is 2.57. The van der Waals surface area contributed by atoms with Gasteiger partial charge in [0, 0.05) is 98.8 Å². The number of carbonyl (C=O) groups is 4. The first-order chi connectivity index (χ1) is 37.5. The predicted octanol–water partition coefficient (Wildman–Crippen LogP) is 8.14. The number of allylic oxidation sites excluding steroid dienone is 1. The number of aryl methyl sites for hydroxylation is 1. The van der Waals surface area contributed by atoms with Crippen LogP contribution in [0.4, 0.5) is 28.2 Å². The van der Waals surface area contributed by atoms with E-state index in [1.165, 1.54) is 34.7 Å². The summed E-state index contributed by atoms with van der Waals surface area (Å²) in [6.45, 7) is 7.39. The van der Waals surface area contributed by atoms with Crippen molar-refractivity contribution >= 4 is 35.4 Å². The van der Waals surface area contributed by atoms with Crippen molar-refractivity contribution in [3.05, 3.63) is 99.2 Å². The van der Waals surface area contributed by atoms with Crippen molar-refractivity contribution in [2.45, 2.75) is 115 Å². The topological polar surface area (TPSA) is 185 Å². The fourth-order valence-electron chi connectivity index (χ4n) is 14.5.